The minimum absolute atomic E-state index is 0.128. The first-order chi connectivity index (χ1) is 11.4. The van der Waals surface area contributed by atoms with Crippen LogP contribution in [0.4, 0.5) is 5.82 Å². The van der Waals surface area contributed by atoms with Gasteiger partial charge in [-0.1, -0.05) is 18.2 Å². The number of para-hydroxylation sites is 1. The highest BCUT2D eigenvalue weighted by molar-refractivity contribution is 5.82. The number of nitrogens with one attached hydrogen (secondary N) is 1. The molecule has 1 aliphatic heterocycles. The number of anilines is 1. The van der Waals surface area contributed by atoms with Gasteiger partial charge in [0.1, 0.15) is 23.7 Å². The van der Waals surface area contributed by atoms with Gasteiger partial charge in [0.15, 0.2) is 11.5 Å². The predicted octanol–water partition coefficient (Wildman–Crippen LogP) is 2.58. The molecule has 23 heavy (non-hydrogen) atoms. The number of benzene rings is 1. The second-order valence-electron chi connectivity index (χ2n) is 6.21. The lowest BCUT2D eigenvalue weighted by molar-refractivity contribution is 0.246. The molecule has 1 N–H and O–H groups in total. The van der Waals surface area contributed by atoms with Gasteiger partial charge in [0.25, 0.3) is 0 Å². The Morgan fingerprint density at radius 2 is 2.09 bits per heavy atom. The maximum Gasteiger partial charge on any atom is 0.165 e. The van der Waals surface area contributed by atoms with E-state index in [1.54, 1.807) is 6.33 Å². The van der Waals surface area contributed by atoms with Crippen molar-refractivity contribution in [2.24, 2.45) is 0 Å². The van der Waals surface area contributed by atoms with Gasteiger partial charge >= 0.3 is 0 Å². The van der Waals surface area contributed by atoms with Crippen molar-refractivity contribution in [3.63, 3.8) is 0 Å². The molecule has 1 aliphatic carbocycles. The lowest BCUT2D eigenvalue weighted by Crippen LogP contribution is -2.24. The van der Waals surface area contributed by atoms with Crippen LogP contribution in [0.3, 0.4) is 0 Å². The van der Waals surface area contributed by atoms with E-state index in [2.05, 4.69) is 37.0 Å². The minimum atomic E-state index is 0.128. The Bertz CT molecular complexity index is 845. The van der Waals surface area contributed by atoms with E-state index in [1.807, 2.05) is 18.5 Å². The molecular weight excluding hydrogens is 290 g/mol. The maximum atomic E-state index is 5.96. The lowest BCUT2D eigenvalue weighted by atomic mass is 10.1. The van der Waals surface area contributed by atoms with Crippen LogP contribution in [0, 0.1) is 0 Å². The fraction of sp³-hybridized carbons (Fsp3) is 0.353. The van der Waals surface area contributed by atoms with Crippen LogP contribution in [0.1, 0.15) is 24.4 Å². The summed E-state index contributed by atoms with van der Waals surface area (Å²) in [5.41, 5.74) is 3.03. The zero-order valence-electron chi connectivity index (χ0n) is 12.6. The van der Waals surface area contributed by atoms with E-state index in [-0.39, 0.29) is 6.10 Å². The van der Waals surface area contributed by atoms with E-state index in [4.69, 9.17) is 4.74 Å². The van der Waals surface area contributed by atoms with Gasteiger partial charge in [0.05, 0.1) is 12.9 Å². The summed E-state index contributed by atoms with van der Waals surface area (Å²) in [6, 6.07) is 8.77. The fourth-order valence-electron chi connectivity index (χ4n) is 3.18. The van der Waals surface area contributed by atoms with Crippen LogP contribution in [-0.2, 0) is 6.42 Å². The first-order valence-corrected chi connectivity index (χ1v) is 8.04. The molecule has 1 atom stereocenters. The van der Waals surface area contributed by atoms with Gasteiger partial charge in [-0.2, -0.15) is 0 Å². The average Bonchev–Trinajstić information content (AvgIpc) is 3.19. The molecule has 3 aromatic rings. The molecule has 0 saturated heterocycles. The minimum Gasteiger partial charge on any atom is -0.488 e. The van der Waals surface area contributed by atoms with E-state index in [1.165, 1.54) is 18.4 Å². The summed E-state index contributed by atoms with van der Waals surface area (Å²) in [5.74, 6) is 1.78. The van der Waals surface area contributed by atoms with Gasteiger partial charge in [0.2, 0.25) is 0 Å². The van der Waals surface area contributed by atoms with E-state index in [0.717, 1.165) is 29.2 Å². The Hall–Kier alpha value is -2.63. The highest BCUT2D eigenvalue weighted by Crippen LogP contribution is 2.37. The van der Waals surface area contributed by atoms with Crippen molar-refractivity contribution in [1.29, 1.82) is 0 Å². The summed E-state index contributed by atoms with van der Waals surface area (Å²) in [6.45, 7) is 0.705. The molecule has 0 bridgehead atoms. The van der Waals surface area contributed by atoms with Crippen molar-refractivity contribution in [2.45, 2.75) is 31.4 Å². The molecule has 5 rings (SSSR count). The second-order valence-corrected chi connectivity index (χ2v) is 6.21. The summed E-state index contributed by atoms with van der Waals surface area (Å²) in [5, 5.41) is 3.39. The third-order valence-corrected chi connectivity index (χ3v) is 4.51. The van der Waals surface area contributed by atoms with E-state index in [9.17, 15) is 0 Å². The standard InChI is InChI=1S/C17H17N5O/c1-2-4-14-11(3-1)7-13(23-14)8-18-16-15-17(20-9-19-16)22(10-21-15)12-5-6-12/h1-4,9-10,12-13H,5-8H2,(H,18,19,20). The van der Waals surface area contributed by atoms with Crippen LogP contribution in [-0.4, -0.2) is 32.2 Å². The number of rotatable bonds is 4. The molecule has 2 aliphatic rings. The van der Waals surface area contributed by atoms with Crippen LogP contribution < -0.4 is 10.1 Å². The summed E-state index contributed by atoms with van der Waals surface area (Å²) in [7, 11) is 0. The summed E-state index contributed by atoms with van der Waals surface area (Å²) < 4.78 is 8.12. The van der Waals surface area contributed by atoms with Crippen LogP contribution in [0.15, 0.2) is 36.9 Å². The molecule has 1 aromatic carbocycles. The van der Waals surface area contributed by atoms with Crippen LogP contribution in [0.5, 0.6) is 5.75 Å². The molecule has 6 heteroatoms. The van der Waals surface area contributed by atoms with Crippen molar-refractivity contribution in [3.05, 3.63) is 42.5 Å². The molecule has 1 unspecified atom stereocenters. The normalized spacial score (nSPS) is 19.6. The van der Waals surface area contributed by atoms with Gasteiger partial charge in [0, 0.05) is 12.5 Å². The van der Waals surface area contributed by atoms with Gasteiger partial charge in [-0.25, -0.2) is 15.0 Å². The molecule has 3 heterocycles. The van der Waals surface area contributed by atoms with Crippen LogP contribution >= 0.6 is 0 Å². The van der Waals surface area contributed by atoms with Crippen molar-refractivity contribution < 1.29 is 4.74 Å². The van der Waals surface area contributed by atoms with Crippen LogP contribution in [0.2, 0.25) is 0 Å². The van der Waals surface area contributed by atoms with E-state index in [0.29, 0.717) is 12.6 Å². The smallest absolute Gasteiger partial charge is 0.165 e. The summed E-state index contributed by atoms with van der Waals surface area (Å²) in [4.78, 5) is 13.2. The van der Waals surface area contributed by atoms with Gasteiger partial charge in [-0.3, -0.25) is 0 Å². The van der Waals surface area contributed by atoms with Gasteiger partial charge in [-0.05, 0) is 24.5 Å². The Kier molecular flexibility index (Phi) is 2.76. The highest BCUT2D eigenvalue weighted by atomic mass is 16.5. The Balaban J connectivity index is 1.34. The Morgan fingerprint density at radius 3 is 2.96 bits per heavy atom. The largest absolute Gasteiger partial charge is 0.488 e. The molecule has 0 amide bonds. The molecule has 116 valence electrons. The third kappa shape index (κ3) is 2.21. The van der Waals surface area contributed by atoms with E-state index < -0.39 is 0 Å². The highest BCUT2D eigenvalue weighted by Gasteiger charge is 2.27. The van der Waals surface area contributed by atoms with Gasteiger partial charge < -0.3 is 14.6 Å². The fourth-order valence-corrected chi connectivity index (χ4v) is 3.18. The number of ether oxygens (including phenoxy) is 1. The molecule has 6 nitrogen and oxygen atoms in total. The molecule has 2 aromatic heterocycles. The molecule has 0 spiro atoms. The number of hydrogen-bond acceptors (Lipinski definition) is 5. The van der Waals surface area contributed by atoms with Crippen molar-refractivity contribution in [1.82, 2.24) is 19.5 Å². The number of fused-ring (bicyclic) bond motifs is 2. The topological polar surface area (TPSA) is 64.9 Å². The average molecular weight is 307 g/mol. The van der Waals surface area contributed by atoms with Crippen molar-refractivity contribution in [3.8, 4) is 5.75 Å². The molecule has 0 radical (unpaired) electrons. The first-order valence-electron chi connectivity index (χ1n) is 8.04. The second kappa shape index (κ2) is 4.94. The quantitative estimate of drug-likeness (QED) is 0.802. The number of aromatic nitrogens is 4. The maximum absolute atomic E-state index is 5.96. The summed E-state index contributed by atoms with van der Waals surface area (Å²) in [6.07, 6.45) is 6.97. The number of hydrogen-bond donors (Lipinski definition) is 1. The number of nitrogens with zero attached hydrogens (tertiary/aromatic N) is 4. The van der Waals surface area contributed by atoms with Crippen molar-refractivity contribution in [2.75, 3.05) is 11.9 Å². The predicted molar refractivity (Wildman–Crippen MR) is 86.6 cm³/mol. The monoisotopic (exact) mass is 307 g/mol. The molecular formula is C17H17N5O. The number of imidazole rings is 1. The first kappa shape index (κ1) is 12.9. The van der Waals surface area contributed by atoms with Crippen molar-refractivity contribution >= 4 is 17.0 Å². The van der Waals surface area contributed by atoms with Gasteiger partial charge in [-0.15, -0.1) is 0 Å². The summed E-state index contributed by atoms with van der Waals surface area (Å²) >= 11 is 0. The zero-order chi connectivity index (χ0) is 15.2. The zero-order valence-corrected chi connectivity index (χ0v) is 12.6. The SMILES string of the molecule is c1ccc2c(c1)CC(CNc1ncnc3c1ncn3C1CC1)O2. The Morgan fingerprint density at radius 1 is 1.17 bits per heavy atom. The third-order valence-electron chi connectivity index (χ3n) is 4.51. The molecule has 1 fully saturated rings. The van der Waals surface area contributed by atoms with E-state index >= 15 is 0 Å². The Labute approximate surface area is 133 Å². The lowest BCUT2D eigenvalue weighted by Gasteiger charge is -2.12. The molecule has 1 saturated carbocycles. The van der Waals surface area contributed by atoms with Crippen LogP contribution in [0.25, 0.3) is 11.2 Å².